The van der Waals surface area contributed by atoms with Crippen LogP contribution in [0.4, 0.5) is 5.69 Å². The quantitative estimate of drug-likeness (QED) is 0.747. The van der Waals surface area contributed by atoms with Gasteiger partial charge in [-0.05, 0) is 19.1 Å². The first-order chi connectivity index (χ1) is 9.78. The molecule has 0 atom stereocenters. The van der Waals surface area contributed by atoms with Crippen molar-refractivity contribution in [1.29, 1.82) is 0 Å². The zero-order valence-electron chi connectivity index (χ0n) is 10.9. The zero-order valence-corrected chi connectivity index (χ0v) is 11.7. The van der Waals surface area contributed by atoms with Crippen molar-refractivity contribution < 1.29 is 4.79 Å². The van der Waals surface area contributed by atoms with Gasteiger partial charge in [0.05, 0.1) is 11.4 Å². The minimum absolute atomic E-state index is 0.138. The van der Waals surface area contributed by atoms with Gasteiger partial charge >= 0.3 is 0 Å². The Kier molecular flexibility index (Phi) is 3.35. The SMILES string of the molecule is C/C=C/C(=O)Nc1ccccc1-c1cn2ccsc2n1. The molecule has 4 nitrogen and oxygen atoms in total. The van der Waals surface area contributed by atoms with E-state index in [-0.39, 0.29) is 5.91 Å². The van der Waals surface area contributed by atoms with Gasteiger partial charge in [0.2, 0.25) is 5.91 Å². The van der Waals surface area contributed by atoms with E-state index in [0.29, 0.717) is 0 Å². The number of aromatic nitrogens is 2. The lowest BCUT2D eigenvalue weighted by Crippen LogP contribution is -2.08. The molecular formula is C15H13N3OS. The fraction of sp³-hybridized carbons (Fsp3) is 0.0667. The summed E-state index contributed by atoms with van der Waals surface area (Å²) in [5.74, 6) is -0.138. The second-order valence-electron chi connectivity index (χ2n) is 4.25. The van der Waals surface area contributed by atoms with E-state index in [0.717, 1.165) is 21.9 Å². The van der Waals surface area contributed by atoms with Gasteiger partial charge in [0.1, 0.15) is 0 Å². The van der Waals surface area contributed by atoms with Crippen LogP contribution in [0, 0.1) is 0 Å². The molecule has 0 unspecified atom stereocenters. The zero-order chi connectivity index (χ0) is 13.9. The molecule has 0 saturated carbocycles. The molecule has 1 amide bonds. The van der Waals surface area contributed by atoms with Gasteiger partial charge in [-0.15, -0.1) is 11.3 Å². The molecule has 5 heteroatoms. The Morgan fingerprint density at radius 3 is 3.05 bits per heavy atom. The van der Waals surface area contributed by atoms with Crippen LogP contribution in [0.25, 0.3) is 16.2 Å². The molecule has 0 aliphatic heterocycles. The number of para-hydroxylation sites is 1. The molecule has 3 aromatic rings. The monoisotopic (exact) mass is 283 g/mol. The van der Waals surface area contributed by atoms with Crippen LogP contribution in [0.5, 0.6) is 0 Å². The van der Waals surface area contributed by atoms with Gasteiger partial charge in [-0.3, -0.25) is 9.20 Å². The molecule has 0 aliphatic rings. The Morgan fingerprint density at radius 1 is 1.40 bits per heavy atom. The highest BCUT2D eigenvalue weighted by Gasteiger charge is 2.10. The summed E-state index contributed by atoms with van der Waals surface area (Å²) in [5, 5.41) is 4.87. The lowest BCUT2D eigenvalue weighted by molar-refractivity contribution is -0.111. The number of amides is 1. The number of allylic oxidation sites excluding steroid dienone is 1. The number of nitrogens with one attached hydrogen (secondary N) is 1. The van der Waals surface area contributed by atoms with Crippen molar-refractivity contribution in [1.82, 2.24) is 9.38 Å². The minimum Gasteiger partial charge on any atom is -0.322 e. The largest absolute Gasteiger partial charge is 0.322 e. The highest BCUT2D eigenvalue weighted by atomic mass is 32.1. The van der Waals surface area contributed by atoms with Crippen LogP contribution in [0.2, 0.25) is 0 Å². The van der Waals surface area contributed by atoms with Crippen LogP contribution in [-0.2, 0) is 4.79 Å². The second-order valence-corrected chi connectivity index (χ2v) is 5.13. The van der Waals surface area contributed by atoms with Crippen LogP contribution in [-0.4, -0.2) is 15.3 Å². The fourth-order valence-corrected chi connectivity index (χ4v) is 2.70. The maximum atomic E-state index is 11.7. The third-order valence-corrected chi connectivity index (χ3v) is 3.64. The van der Waals surface area contributed by atoms with Crippen LogP contribution in [0.1, 0.15) is 6.92 Å². The number of benzene rings is 1. The maximum Gasteiger partial charge on any atom is 0.248 e. The van der Waals surface area contributed by atoms with E-state index in [9.17, 15) is 4.79 Å². The summed E-state index contributed by atoms with van der Waals surface area (Å²) in [6.45, 7) is 1.81. The Balaban J connectivity index is 2.00. The highest BCUT2D eigenvalue weighted by molar-refractivity contribution is 7.15. The van der Waals surface area contributed by atoms with E-state index < -0.39 is 0 Å². The number of fused-ring (bicyclic) bond motifs is 1. The number of anilines is 1. The Bertz CT molecular complexity index is 757. The predicted octanol–water partition coefficient (Wildman–Crippen LogP) is 3.58. The van der Waals surface area contributed by atoms with Gasteiger partial charge in [0.25, 0.3) is 0 Å². The molecule has 1 aromatic carbocycles. The van der Waals surface area contributed by atoms with Crippen molar-refractivity contribution >= 4 is 27.9 Å². The summed E-state index contributed by atoms with van der Waals surface area (Å²) >= 11 is 1.58. The lowest BCUT2D eigenvalue weighted by atomic mass is 10.1. The molecule has 1 N–H and O–H groups in total. The van der Waals surface area contributed by atoms with Crippen LogP contribution < -0.4 is 5.32 Å². The molecule has 20 heavy (non-hydrogen) atoms. The van der Waals surface area contributed by atoms with Crippen molar-refractivity contribution in [3.05, 3.63) is 54.2 Å². The standard InChI is InChI=1S/C15H13N3OS/c1-2-5-14(19)16-12-7-4-3-6-11(12)13-10-18-8-9-20-15(18)17-13/h2-10H,1H3,(H,16,19)/b5-2+. The topological polar surface area (TPSA) is 46.4 Å². The number of carbonyl (C=O) groups excluding carboxylic acids is 1. The number of hydrogen-bond acceptors (Lipinski definition) is 3. The van der Waals surface area contributed by atoms with Crippen LogP contribution in [0.3, 0.4) is 0 Å². The average molecular weight is 283 g/mol. The summed E-state index contributed by atoms with van der Waals surface area (Å²) < 4.78 is 1.98. The molecular weight excluding hydrogens is 270 g/mol. The summed E-state index contributed by atoms with van der Waals surface area (Å²) in [4.78, 5) is 17.2. The van der Waals surface area contributed by atoms with E-state index in [4.69, 9.17) is 0 Å². The van der Waals surface area contributed by atoms with Crippen molar-refractivity contribution in [3.63, 3.8) is 0 Å². The molecule has 0 spiro atoms. The van der Waals surface area contributed by atoms with Crippen LogP contribution in [0.15, 0.2) is 54.2 Å². The van der Waals surface area contributed by atoms with E-state index in [2.05, 4.69) is 10.3 Å². The third kappa shape index (κ3) is 2.35. The van der Waals surface area contributed by atoms with E-state index in [1.54, 1.807) is 17.4 Å². The molecule has 100 valence electrons. The van der Waals surface area contributed by atoms with E-state index in [1.807, 2.05) is 53.4 Å². The number of hydrogen-bond donors (Lipinski definition) is 1. The van der Waals surface area contributed by atoms with Crippen molar-refractivity contribution in [3.8, 4) is 11.3 Å². The minimum atomic E-state index is -0.138. The molecule has 2 heterocycles. The number of thiazole rings is 1. The van der Waals surface area contributed by atoms with Crippen molar-refractivity contribution in [2.24, 2.45) is 0 Å². The molecule has 0 aliphatic carbocycles. The summed E-state index contributed by atoms with van der Waals surface area (Å²) in [7, 11) is 0. The molecule has 3 rings (SSSR count). The molecule has 0 fully saturated rings. The molecule has 2 aromatic heterocycles. The number of imidazole rings is 1. The Morgan fingerprint density at radius 2 is 2.25 bits per heavy atom. The number of rotatable bonds is 3. The number of nitrogens with zero attached hydrogens (tertiary/aromatic N) is 2. The molecule has 0 bridgehead atoms. The van der Waals surface area contributed by atoms with Crippen molar-refractivity contribution in [2.45, 2.75) is 6.92 Å². The fourth-order valence-electron chi connectivity index (χ4n) is 2.00. The van der Waals surface area contributed by atoms with E-state index >= 15 is 0 Å². The van der Waals surface area contributed by atoms with Gasteiger partial charge < -0.3 is 5.32 Å². The summed E-state index contributed by atoms with van der Waals surface area (Å²) in [6.07, 6.45) is 7.15. The normalized spacial score (nSPS) is 11.2. The smallest absolute Gasteiger partial charge is 0.248 e. The first kappa shape index (κ1) is 12.6. The first-order valence-corrected chi connectivity index (χ1v) is 7.11. The summed E-state index contributed by atoms with van der Waals surface area (Å²) in [5.41, 5.74) is 2.54. The third-order valence-electron chi connectivity index (χ3n) is 2.87. The van der Waals surface area contributed by atoms with Crippen LogP contribution >= 0.6 is 11.3 Å². The first-order valence-electron chi connectivity index (χ1n) is 6.23. The van der Waals surface area contributed by atoms with Gasteiger partial charge in [0.15, 0.2) is 4.96 Å². The van der Waals surface area contributed by atoms with Gasteiger partial charge in [0, 0.05) is 23.3 Å². The second kappa shape index (κ2) is 5.30. The van der Waals surface area contributed by atoms with Gasteiger partial charge in [-0.1, -0.05) is 24.3 Å². The van der Waals surface area contributed by atoms with Crippen molar-refractivity contribution in [2.75, 3.05) is 5.32 Å². The molecule has 0 saturated heterocycles. The lowest BCUT2D eigenvalue weighted by Gasteiger charge is -2.07. The Hall–Kier alpha value is -2.40. The van der Waals surface area contributed by atoms with Gasteiger partial charge in [-0.25, -0.2) is 4.98 Å². The average Bonchev–Trinajstić information content (AvgIpc) is 3.00. The number of carbonyl (C=O) groups is 1. The van der Waals surface area contributed by atoms with E-state index in [1.165, 1.54) is 6.08 Å². The highest BCUT2D eigenvalue weighted by Crippen LogP contribution is 2.28. The van der Waals surface area contributed by atoms with Gasteiger partial charge in [-0.2, -0.15) is 0 Å². The molecule has 0 radical (unpaired) electrons. The Labute approximate surface area is 120 Å². The summed E-state index contributed by atoms with van der Waals surface area (Å²) in [6, 6.07) is 7.67. The maximum absolute atomic E-state index is 11.7. The predicted molar refractivity (Wildman–Crippen MR) is 81.9 cm³/mol.